The van der Waals surface area contributed by atoms with E-state index >= 15 is 0 Å². The van der Waals surface area contributed by atoms with Crippen molar-refractivity contribution in [3.63, 3.8) is 0 Å². The standard InChI is InChI=1S/C27H37N3O3S/c1-18-12-13-19(2)22(16-18)33-15-9-14-27(6,7)24(32)30-25(34)29-21-11-8-10-20(17-21)28-23(31)26(3,4)5/h8,10-13,16-17H,9,14-15H2,1-7H3,(H,28,31)(H2,29,30,32,34). The Labute approximate surface area is 208 Å². The Hall–Kier alpha value is -2.93. The first-order valence-electron chi connectivity index (χ1n) is 11.5. The predicted molar refractivity (Wildman–Crippen MR) is 143 cm³/mol. The van der Waals surface area contributed by atoms with Gasteiger partial charge in [-0.2, -0.15) is 0 Å². The Bertz CT molecular complexity index is 1040. The Balaban J connectivity index is 1.84. The molecule has 7 heteroatoms. The van der Waals surface area contributed by atoms with E-state index in [1.54, 1.807) is 12.1 Å². The zero-order valence-electron chi connectivity index (χ0n) is 21.3. The van der Waals surface area contributed by atoms with Crippen molar-refractivity contribution >= 4 is 40.5 Å². The third-order valence-corrected chi connectivity index (χ3v) is 5.65. The quantitative estimate of drug-likeness (QED) is 0.318. The van der Waals surface area contributed by atoms with Gasteiger partial charge in [0.15, 0.2) is 5.11 Å². The van der Waals surface area contributed by atoms with Crippen LogP contribution >= 0.6 is 12.2 Å². The SMILES string of the molecule is Cc1ccc(C)c(OCCCC(C)(C)C(=O)NC(=S)Nc2cccc(NC(=O)C(C)(C)C)c2)c1. The zero-order valence-corrected chi connectivity index (χ0v) is 22.1. The molecule has 0 bridgehead atoms. The smallest absolute Gasteiger partial charge is 0.231 e. The maximum Gasteiger partial charge on any atom is 0.231 e. The predicted octanol–water partition coefficient (Wildman–Crippen LogP) is 5.99. The molecule has 34 heavy (non-hydrogen) atoms. The number of anilines is 2. The summed E-state index contributed by atoms with van der Waals surface area (Å²) in [5.41, 5.74) is 2.48. The van der Waals surface area contributed by atoms with Gasteiger partial charge in [0.2, 0.25) is 11.8 Å². The van der Waals surface area contributed by atoms with Crippen molar-refractivity contribution < 1.29 is 14.3 Å². The Morgan fingerprint density at radius 1 is 0.912 bits per heavy atom. The monoisotopic (exact) mass is 483 g/mol. The van der Waals surface area contributed by atoms with Crippen molar-refractivity contribution in [2.24, 2.45) is 10.8 Å². The van der Waals surface area contributed by atoms with Gasteiger partial charge in [-0.3, -0.25) is 9.59 Å². The van der Waals surface area contributed by atoms with Gasteiger partial charge in [0.1, 0.15) is 5.75 Å². The minimum atomic E-state index is -0.612. The zero-order chi connectivity index (χ0) is 25.5. The van der Waals surface area contributed by atoms with Gasteiger partial charge < -0.3 is 20.7 Å². The van der Waals surface area contributed by atoms with Crippen LogP contribution in [0, 0.1) is 24.7 Å². The molecule has 0 heterocycles. The van der Waals surface area contributed by atoms with E-state index in [1.165, 1.54) is 0 Å². The van der Waals surface area contributed by atoms with Gasteiger partial charge in [0.05, 0.1) is 6.61 Å². The van der Waals surface area contributed by atoms with Crippen LogP contribution in [0.1, 0.15) is 58.6 Å². The van der Waals surface area contributed by atoms with Crippen LogP contribution in [0.4, 0.5) is 11.4 Å². The van der Waals surface area contributed by atoms with E-state index in [1.807, 2.05) is 72.7 Å². The number of benzene rings is 2. The lowest BCUT2D eigenvalue weighted by molar-refractivity contribution is -0.128. The lowest BCUT2D eigenvalue weighted by Gasteiger charge is -2.24. The second kappa shape index (κ2) is 11.5. The fraction of sp³-hybridized carbons (Fsp3) is 0.444. The van der Waals surface area contributed by atoms with Crippen molar-refractivity contribution in [2.45, 2.75) is 61.3 Å². The molecule has 0 aliphatic heterocycles. The number of ether oxygens (including phenoxy) is 1. The number of hydrogen-bond donors (Lipinski definition) is 3. The number of rotatable bonds is 8. The van der Waals surface area contributed by atoms with Crippen LogP contribution in [0.5, 0.6) is 5.75 Å². The summed E-state index contributed by atoms with van der Waals surface area (Å²) in [6.45, 7) is 13.9. The summed E-state index contributed by atoms with van der Waals surface area (Å²) in [5, 5.41) is 8.90. The molecule has 184 valence electrons. The number of amides is 2. The van der Waals surface area contributed by atoms with Crippen LogP contribution < -0.4 is 20.7 Å². The summed E-state index contributed by atoms with van der Waals surface area (Å²) in [4.78, 5) is 25.0. The van der Waals surface area contributed by atoms with Gasteiger partial charge >= 0.3 is 0 Å². The molecule has 0 aliphatic carbocycles. The fourth-order valence-corrected chi connectivity index (χ4v) is 3.31. The molecule has 0 radical (unpaired) electrons. The molecule has 6 nitrogen and oxygen atoms in total. The van der Waals surface area contributed by atoms with E-state index < -0.39 is 10.8 Å². The normalized spacial score (nSPS) is 11.5. The number of carbonyl (C=O) groups excluding carboxylic acids is 2. The minimum absolute atomic E-state index is 0.0798. The van der Waals surface area contributed by atoms with Crippen LogP contribution in [0.15, 0.2) is 42.5 Å². The number of carbonyl (C=O) groups is 2. The third-order valence-electron chi connectivity index (χ3n) is 5.45. The summed E-state index contributed by atoms with van der Waals surface area (Å²) >= 11 is 5.34. The van der Waals surface area contributed by atoms with Crippen molar-refractivity contribution in [1.29, 1.82) is 0 Å². The van der Waals surface area contributed by atoms with Gasteiger partial charge in [0.25, 0.3) is 0 Å². The largest absolute Gasteiger partial charge is 0.493 e. The van der Waals surface area contributed by atoms with E-state index in [0.29, 0.717) is 24.4 Å². The van der Waals surface area contributed by atoms with Gasteiger partial charge in [-0.05, 0) is 74.3 Å². The molecule has 2 aromatic carbocycles. The molecule has 2 aromatic rings. The average Bonchev–Trinajstić information content (AvgIpc) is 2.73. The molecule has 0 aliphatic rings. The minimum Gasteiger partial charge on any atom is -0.493 e. The molecule has 0 atom stereocenters. The average molecular weight is 484 g/mol. The molecule has 0 saturated carbocycles. The first-order chi connectivity index (χ1) is 15.8. The first-order valence-corrected chi connectivity index (χ1v) is 11.9. The molecular weight excluding hydrogens is 446 g/mol. The lowest BCUT2D eigenvalue weighted by Crippen LogP contribution is -2.42. The Kier molecular flexibility index (Phi) is 9.21. The summed E-state index contributed by atoms with van der Waals surface area (Å²) in [5.74, 6) is 0.645. The van der Waals surface area contributed by atoms with E-state index in [-0.39, 0.29) is 16.9 Å². The van der Waals surface area contributed by atoms with Crippen LogP contribution in [0.25, 0.3) is 0 Å². The molecule has 3 N–H and O–H groups in total. The van der Waals surface area contributed by atoms with Gasteiger partial charge in [-0.15, -0.1) is 0 Å². The van der Waals surface area contributed by atoms with Crippen molar-refractivity contribution in [1.82, 2.24) is 5.32 Å². The van der Waals surface area contributed by atoms with Crippen molar-refractivity contribution in [3.8, 4) is 5.75 Å². The van der Waals surface area contributed by atoms with E-state index in [4.69, 9.17) is 17.0 Å². The third kappa shape index (κ3) is 8.45. The molecule has 0 aromatic heterocycles. The lowest BCUT2D eigenvalue weighted by atomic mass is 9.87. The van der Waals surface area contributed by atoms with Gasteiger partial charge in [-0.25, -0.2) is 0 Å². The molecule has 2 amide bonds. The molecule has 0 unspecified atom stereocenters. The highest BCUT2D eigenvalue weighted by Crippen LogP contribution is 2.25. The Morgan fingerprint density at radius 2 is 1.56 bits per heavy atom. The highest BCUT2D eigenvalue weighted by Gasteiger charge is 2.28. The number of thiocarbonyl (C=S) groups is 1. The second-order valence-electron chi connectivity index (χ2n) is 10.3. The maximum absolute atomic E-state index is 12.8. The van der Waals surface area contributed by atoms with Crippen LogP contribution in [-0.2, 0) is 9.59 Å². The second-order valence-corrected chi connectivity index (χ2v) is 10.7. The molecular formula is C27H37N3O3S. The van der Waals surface area contributed by atoms with Crippen LogP contribution in [0.3, 0.4) is 0 Å². The number of nitrogens with one attached hydrogen (secondary N) is 3. The molecule has 2 rings (SSSR count). The highest BCUT2D eigenvalue weighted by atomic mass is 32.1. The molecule has 0 saturated heterocycles. The maximum atomic E-state index is 12.8. The van der Waals surface area contributed by atoms with E-state index in [9.17, 15) is 9.59 Å². The molecule has 0 spiro atoms. The van der Waals surface area contributed by atoms with Gasteiger partial charge in [-0.1, -0.05) is 52.8 Å². The summed E-state index contributed by atoms with van der Waals surface area (Å²) < 4.78 is 5.91. The fourth-order valence-electron chi connectivity index (χ4n) is 3.10. The first kappa shape index (κ1) is 27.3. The summed E-state index contributed by atoms with van der Waals surface area (Å²) in [7, 11) is 0. The van der Waals surface area contributed by atoms with Gasteiger partial charge in [0, 0.05) is 22.2 Å². The van der Waals surface area contributed by atoms with Crippen molar-refractivity contribution in [3.05, 3.63) is 53.6 Å². The van der Waals surface area contributed by atoms with E-state index in [2.05, 4.69) is 22.0 Å². The molecule has 0 fully saturated rings. The number of hydrogen-bond acceptors (Lipinski definition) is 4. The van der Waals surface area contributed by atoms with Crippen LogP contribution in [0.2, 0.25) is 0 Å². The highest BCUT2D eigenvalue weighted by molar-refractivity contribution is 7.80. The number of aryl methyl sites for hydroxylation is 2. The summed E-state index contributed by atoms with van der Waals surface area (Å²) in [6, 6.07) is 13.3. The van der Waals surface area contributed by atoms with Crippen LogP contribution in [-0.4, -0.2) is 23.5 Å². The van der Waals surface area contributed by atoms with Crippen molar-refractivity contribution in [2.75, 3.05) is 17.2 Å². The summed E-state index contributed by atoms with van der Waals surface area (Å²) in [6.07, 6.45) is 1.39. The topological polar surface area (TPSA) is 79.5 Å². The Morgan fingerprint density at radius 3 is 2.21 bits per heavy atom. The van der Waals surface area contributed by atoms with E-state index in [0.717, 1.165) is 23.3 Å².